The van der Waals surface area contributed by atoms with E-state index < -0.39 is 10.0 Å². The number of benzene rings is 2. The van der Waals surface area contributed by atoms with E-state index in [1.54, 1.807) is 38.3 Å². The summed E-state index contributed by atoms with van der Waals surface area (Å²) in [5.41, 5.74) is 1.19. The zero-order valence-electron chi connectivity index (χ0n) is 20.5. The zero-order chi connectivity index (χ0) is 25.6. The Labute approximate surface area is 211 Å². The molecule has 0 spiro atoms. The topological polar surface area (TPSA) is 97.4 Å². The van der Waals surface area contributed by atoms with E-state index in [1.807, 2.05) is 6.07 Å². The van der Waals surface area contributed by atoms with E-state index in [4.69, 9.17) is 25.8 Å². The van der Waals surface area contributed by atoms with Gasteiger partial charge in [0.15, 0.2) is 11.5 Å². The molecule has 0 aliphatic carbocycles. The first-order chi connectivity index (χ1) is 16.7. The van der Waals surface area contributed by atoms with Crippen LogP contribution in [0, 0.1) is 0 Å². The quantitative estimate of drug-likeness (QED) is 0.506. The Kier molecular flexibility index (Phi) is 9.23. The highest BCUT2D eigenvalue weighted by Crippen LogP contribution is 2.40. The molecule has 1 fully saturated rings. The van der Waals surface area contributed by atoms with E-state index >= 15 is 0 Å². The Hall–Kier alpha value is -2.53. The lowest BCUT2D eigenvalue weighted by atomic mass is 10.1. The molecule has 0 saturated carbocycles. The van der Waals surface area contributed by atoms with Gasteiger partial charge >= 0.3 is 0 Å². The third-order valence-electron chi connectivity index (χ3n) is 5.79. The van der Waals surface area contributed by atoms with E-state index in [1.165, 1.54) is 23.5 Å². The molecule has 1 aliphatic heterocycles. The van der Waals surface area contributed by atoms with Crippen LogP contribution in [0.15, 0.2) is 35.2 Å². The summed E-state index contributed by atoms with van der Waals surface area (Å²) in [4.78, 5) is 14.5. The molecule has 192 valence electrons. The average Bonchev–Trinajstić information content (AvgIpc) is 2.85. The number of amides is 1. The fourth-order valence-electron chi connectivity index (χ4n) is 4.10. The molecule has 1 aliphatic rings. The molecule has 0 atom stereocenters. The number of ether oxygens (including phenoxy) is 3. The van der Waals surface area contributed by atoms with Gasteiger partial charge in [-0.25, -0.2) is 8.42 Å². The first-order valence-electron chi connectivity index (χ1n) is 11.3. The fourth-order valence-corrected chi connectivity index (χ4v) is 6.12. The number of hydrogen-bond acceptors (Lipinski definition) is 7. The minimum atomic E-state index is -3.73. The molecule has 1 amide bonds. The molecule has 2 aromatic rings. The number of hydrogen-bond donors (Lipinski definition) is 1. The number of piperidine rings is 1. The second kappa shape index (κ2) is 11.9. The average molecular weight is 526 g/mol. The molecule has 1 N–H and O–H groups in total. The maximum Gasteiger partial charge on any atom is 0.244 e. The number of likely N-dealkylation sites (N-methyl/N-ethyl adjacent to an activating group) is 1. The zero-order valence-corrected chi connectivity index (χ0v) is 22.0. The van der Waals surface area contributed by atoms with Gasteiger partial charge < -0.3 is 19.5 Å². The van der Waals surface area contributed by atoms with Gasteiger partial charge in [0.2, 0.25) is 21.7 Å². The second-order valence-electron chi connectivity index (χ2n) is 8.32. The minimum Gasteiger partial charge on any atom is -0.493 e. The third-order valence-corrected chi connectivity index (χ3v) is 8.17. The largest absolute Gasteiger partial charge is 0.493 e. The van der Waals surface area contributed by atoms with Crippen LogP contribution in [0.3, 0.4) is 0 Å². The summed E-state index contributed by atoms with van der Waals surface area (Å²) < 4.78 is 43.8. The van der Waals surface area contributed by atoms with Gasteiger partial charge in [-0.3, -0.25) is 9.69 Å². The second-order valence-corrected chi connectivity index (χ2v) is 10.6. The van der Waals surface area contributed by atoms with E-state index in [-0.39, 0.29) is 22.4 Å². The van der Waals surface area contributed by atoms with Crippen molar-refractivity contribution in [2.45, 2.75) is 30.7 Å². The van der Waals surface area contributed by atoms with Crippen LogP contribution in [-0.2, 0) is 21.4 Å². The maximum absolute atomic E-state index is 13.1. The van der Waals surface area contributed by atoms with Crippen molar-refractivity contribution >= 4 is 33.2 Å². The Balaban J connectivity index is 1.69. The van der Waals surface area contributed by atoms with Gasteiger partial charge in [0, 0.05) is 30.9 Å². The van der Waals surface area contributed by atoms with E-state index in [0.717, 1.165) is 24.8 Å². The van der Waals surface area contributed by atoms with Crippen molar-refractivity contribution in [2.75, 3.05) is 53.3 Å². The molecular formula is C24H32ClN3O6S. The third kappa shape index (κ3) is 6.38. The number of nitrogens with one attached hydrogen (secondary N) is 1. The van der Waals surface area contributed by atoms with Gasteiger partial charge in [0.25, 0.3) is 0 Å². The van der Waals surface area contributed by atoms with Gasteiger partial charge in [-0.1, -0.05) is 24.1 Å². The minimum absolute atomic E-state index is 0.00212. The number of methoxy groups -OCH3 is 3. The Morgan fingerprint density at radius 3 is 2.34 bits per heavy atom. The van der Waals surface area contributed by atoms with Crippen LogP contribution in [0.1, 0.15) is 24.8 Å². The van der Waals surface area contributed by atoms with E-state index in [0.29, 0.717) is 42.6 Å². The summed E-state index contributed by atoms with van der Waals surface area (Å²) in [5.74, 6) is 1.26. The number of carbonyl (C=O) groups excluding carboxylic acids is 1. The van der Waals surface area contributed by atoms with E-state index in [9.17, 15) is 13.2 Å². The molecule has 0 radical (unpaired) electrons. The molecule has 35 heavy (non-hydrogen) atoms. The number of rotatable bonds is 10. The van der Waals surface area contributed by atoms with Crippen LogP contribution in [0.25, 0.3) is 0 Å². The van der Waals surface area contributed by atoms with Crippen molar-refractivity contribution in [3.05, 3.63) is 40.9 Å². The number of carbonyl (C=O) groups is 1. The Morgan fingerprint density at radius 2 is 1.71 bits per heavy atom. The predicted octanol–water partition coefficient (Wildman–Crippen LogP) is 3.61. The molecule has 1 heterocycles. The van der Waals surface area contributed by atoms with Crippen molar-refractivity contribution in [3.8, 4) is 17.2 Å². The van der Waals surface area contributed by atoms with Gasteiger partial charge in [0.05, 0.1) is 32.9 Å². The van der Waals surface area contributed by atoms with Crippen molar-refractivity contribution in [3.63, 3.8) is 0 Å². The van der Waals surface area contributed by atoms with Gasteiger partial charge in [-0.2, -0.15) is 4.31 Å². The maximum atomic E-state index is 13.1. The summed E-state index contributed by atoms with van der Waals surface area (Å²) in [6.45, 7) is 1.42. The van der Waals surface area contributed by atoms with E-state index in [2.05, 4.69) is 5.32 Å². The number of anilines is 1. The summed E-state index contributed by atoms with van der Waals surface area (Å²) in [6, 6.07) is 8.13. The lowest BCUT2D eigenvalue weighted by Crippen LogP contribution is -2.35. The van der Waals surface area contributed by atoms with Crippen molar-refractivity contribution in [1.82, 2.24) is 9.21 Å². The normalized spacial score (nSPS) is 14.6. The van der Waals surface area contributed by atoms with Crippen molar-refractivity contribution < 1.29 is 27.4 Å². The molecule has 9 nitrogen and oxygen atoms in total. The van der Waals surface area contributed by atoms with Crippen LogP contribution in [0.4, 0.5) is 5.69 Å². The van der Waals surface area contributed by atoms with Crippen LogP contribution >= 0.6 is 11.6 Å². The standard InChI is InChI=1S/C24H32ClN3O6S/c1-27(15-17-8-11-20(32-2)24(34-4)23(17)33-3)16-22(29)26-18-9-10-19(25)21(14-18)35(30,31)28-12-6-5-7-13-28/h8-11,14H,5-7,12-13,15-16H2,1-4H3,(H,26,29). The van der Waals surface area contributed by atoms with Crippen molar-refractivity contribution in [1.29, 1.82) is 0 Å². The summed E-state index contributed by atoms with van der Waals surface area (Å²) >= 11 is 6.23. The molecule has 0 aromatic heterocycles. The summed E-state index contributed by atoms with van der Waals surface area (Å²) in [7, 11) is 2.69. The summed E-state index contributed by atoms with van der Waals surface area (Å²) in [5, 5.41) is 2.90. The van der Waals surface area contributed by atoms with Crippen molar-refractivity contribution in [2.24, 2.45) is 0 Å². The molecule has 3 rings (SSSR count). The molecule has 0 bridgehead atoms. The van der Waals surface area contributed by atoms with Crippen LogP contribution in [0.5, 0.6) is 17.2 Å². The SMILES string of the molecule is COc1ccc(CN(C)CC(=O)Nc2ccc(Cl)c(S(=O)(=O)N3CCCCC3)c2)c(OC)c1OC. The molecule has 11 heteroatoms. The highest BCUT2D eigenvalue weighted by Gasteiger charge is 2.28. The lowest BCUT2D eigenvalue weighted by Gasteiger charge is -2.26. The monoisotopic (exact) mass is 525 g/mol. The highest BCUT2D eigenvalue weighted by atomic mass is 35.5. The van der Waals surface area contributed by atoms with Crippen LogP contribution in [-0.4, -0.2) is 71.5 Å². The van der Waals surface area contributed by atoms with Crippen LogP contribution < -0.4 is 19.5 Å². The number of halogens is 1. The molecule has 0 unspecified atom stereocenters. The Morgan fingerprint density at radius 1 is 1.03 bits per heavy atom. The number of sulfonamides is 1. The smallest absolute Gasteiger partial charge is 0.244 e. The fraction of sp³-hybridized carbons (Fsp3) is 0.458. The number of nitrogens with zero attached hydrogens (tertiary/aromatic N) is 2. The first-order valence-corrected chi connectivity index (χ1v) is 13.1. The first kappa shape index (κ1) is 27.1. The lowest BCUT2D eigenvalue weighted by molar-refractivity contribution is -0.117. The predicted molar refractivity (Wildman–Crippen MR) is 135 cm³/mol. The summed E-state index contributed by atoms with van der Waals surface area (Å²) in [6.07, 6.45) is 2.66. The molecule has 1 saturated heterocycles. The van der Waals surface area contributed by atoms with Gasteiger partial charge in [0.1, 0.15) is 4.90 Å². The molecular weight excluding hydrogens is 494 g/mol. The van der Waals surface area contributed by atoms with Crippen LogP contribution in [0.2, 0.25) is 5.02 Å². The highest BCUT2D eigenvalue weighted by molar-refractivity contribution is 7.89. The Bertz CT molecular complexity index is 1150. The van der Waals surface area contributed by atoms with Gasteiger partial charge in [-0.05, 0) is 44.2 Å². The molecule has 2 aromatic carbocycles. The van der Waals surface area contributed by atoms with Gasteiger partial charge in [-0.15, -0.1) is 0 Å².